The summed E-state index contributed by atoms with van der Waals surface area (Å²) in [6.45, 7) is 8.60. The minimum absolute atomic E-state index is 0.00812. The molecule has 1 atom stereocenters. The maximum atomic E-state index is 12.1. The Labute approximate surface area is 139 Å². The quantitative estimate of drug-likeness (QED) is 0.899. The van der Waals surface area contributed by atoms with Crippen molar-refractivity contribution in [1.29, 1.82) is 0 Å². The highest BCUT2D eigenvalue weighted by Crippen LogP contribution is 2.22. The van der Waals surface area contributed by atoms with E-state index in [-0.39, 0.29) is 17.4 Å². The number of nitrogens with one attached hydrogen (secondary N) is 1. The van der Waals surface area contributed by atoms with E-state index in [1.54, 1.807) is 12.4 Å². The second-order valence-electron chi connectivity index (χ2n) is 7.02. The molecule has 0 aliphatic carbocycles. The summed E-state index contributed by atoms with van der Waals surface area (Å²) in [6.07, 6.45) is 4.76. The molecule has 2 aromatic rings. The monoisotopic (exact) mass is 310 g/mol. The summed E-state index contributed by atoms with van der Waals surface area (Å²) in [5, 5.41) is 3.04. The molecule has 0 aliphatic rings. The lowest BCUT2D eigenvalue weighted by atomic mass is 9.86. The van der Waals surface area contributed by atoms with Gasteiger partial charge in [0.2, 0.25) is 5.91 Å². The van der Waals surface area contributed by atoms with Gasteiger partial charge in [-0.15, -0.1) is 0 Å². The number of benzene rings is 1. The Bertz CT molecular complexity index is 627. The van der Waals surface area contributed by atoms with Crippen molar-refractivity contribution >= 4 is 5.91 Å². The van der Waals surface area contributed by atoms with Crippen LogP contribution < -0.4 is 5.32 Å². The molecule has 0 radical (unpaired) electrons. The largest absolute Gasteiger partial charge is 0.350 e. The Morgan fingerprint density at radius 3 is 2.26 bits per heavy atom. The van der Waals surface area contributed by atoms with Crippen LogP contribution in [0.1, 0.15) is 56.8 Å². The molecular formula is C20H26N2O. The van der Waals surface area contributed by atoms with Gasteiger partial charge < -0.3 is 5.32 Å². The number of hydrogen-bond donors (Lipinski definition) is 1. The smallest absolute Gasteiger partial charge is 0.220 e. The number of carbonyl (C=O) groups is 1. The van der Waals surface area contributed by atoms with Gasteiger partial charge in [-0.05, 0) is 47.6 Å². The van der Waals surface area contributed by atoms with Gasteiger partial charge in [0.1, 0.15) is 0 Å². The molecule has 0 spiro atoms. The van der Waals surface area contributed by atoms with Crippen LogP contribution in [0.5, 0.6) is 0 Å². The Morgan fingerprint density at radius 1 is 1.09 bits per heavy atom. The fourth-order valence-electron chi connectivity index (χ4n) is 2.48. The molecule has 23 heavy (non-hydrogen) atoms. The van der Waals surface area contributed by atoms with Gasteiger partial charge in [-0.1, -0.05) is 45.0 Å². The molecule has 1 heterocycles. The van der Waals surface area contributed by atoms with E-state index in [9.17, 15) is 4.79 Å². The molecule has 0 bridgehead atoms. The molecule has 1 amide bonds. The molecule has 2 rings (SSSR count). The third-order valence-electron chi connectivity index (χ3n) is 4.04. The molecule has 1 unspecified atom stereocenters. The first-order chi connectivity index (χ1) is 10.9. The lowest BCUT2D eigenvalue weighted by molar-refractivity contribution is -0.121. The second kappa shape index (κ2) is 7.40. The van der Waals surface area contributed by atoms with Crippen molar-refractivity contribution in [2.24, 2.45) is 0 Å². The summed E-state index contributed by atoms with van der Waals surface area (Å²) in [5.74, 6) is 0.0780. The molecule has 3 nitrogen and oxygen atoms in total. The van der Waals surface area contributed by atoms with E-state index in [1.807, 2.05) is 19.1 Å². The van der Waals surface area contributed by atoms with Gasteiger partial charge in [0.05, 0.1) is 6.04 Å². The fraction of sp³-hybridized carbons (Fsp3) is 0.400. The summed E-state index contributed by atoms with van der Waals surface area (Å²) in [4.78, 5) is 16.1. The van der Waals surface area contributed by atoms with Crippen LogP contribution in [0, 0.1) is 0 Å². The van der Waals surface area contributed by atoms with Gasteiger partial charge in [0.25, 0.3) is 0 Å². The maximum Gasteiger partial charge on any atom is 0.220 e. The molecule has 0 saturated carbocycles. The highest BCUT2D eigenvalue weighted by atomic mass is 16.1. The van der Waals surface area contributed by atoms with Crippen molar-refractivity contribution in [2.45, 2.75) is 52.0 Å². The summed E-state index contributed by atoms with van der Waals surface area (Å²) in [6, 6.07) is 12.4. The average Bonchev–Trinajstić information content (AvgIpc) is 2.53. The molecular weight excluding hydrogens is 284 g/mol. The van der Waals surface area contributed by atoms with Gasteiger partial charge >= 0.3 is 0 Å². The topological polar surface area (TPSA) is 42.0 Å². The van der Waals surface area contributed by atoms with Gasteiger partial charge in [-0.2, -0.15) is 0 Å². The normalized spacial score (nSPS) is 12.7. The molecule has 3 heteroatoms. The van der Waals surface area contributed by atoms with Crippen molar-refractivity contribution < 1.29 is 4.79 Å². The van der Waals surface area contributed by atoms with Crippen LogP contribution in [0.25, 0.3) is 0 Å². The lowest BCUT2D eigenvalue weighted by Crippen LogP contribution is -2.26. The number of aromatic nitrogens is 1. The standard InChI is InChI=1S/C20H26N2O/c1-15(17-11-13-21-14-12-17)22-19(23)10-7-16-5-8-18(9-6-16)20(2,3)4/h5-6,8-9,11-15H,7,10H2,1-4H3,(H,22,23). The number of carbonyl (C=O) groups excluding carboxylic acids is 1. The Kier molecular flexibility index (Phi) is 5.54. The van der Waals surface area contributed by atoms with Crippen LogP contribution in [0.2, 0.25) is 0 Å². The number of amides is 1. The summed E-state index contributed by atoms with van der Waals surface area (Å²) in [7, 11) is 0. The van der Waals surface area contributed by atoms with Crippen molar-refractivity contribution in [3.63, 3.8) is 0 Å². The number of aryl methyl sites for hydroxylation is 1. The van der Waals surface area contributed by atoms with E-state index in [4.69, 9.17) is 0 Å². The fourth-order valence-corrected chi connectivity index (χ4v) is 2.48. The number of hydrogen-bond acceptors (Lipinski definition) is 2. The zero-order valence-corrected chi connectivity index (χ0v) is 14.5. The van der Waals surface area contributed by atoms with E-state index in [2.05, 4.69) is 55.3 Å². The zero-order chi connectivity index (χ0) is 16.9. The van der Waals surface area contributed by atoms with Crippen molar-refractivity contribution in [1.82, 2.24) is 10.3 Å². The van der Waals surface area contributed by atoms with Gasteiger partial charge in [0, 0.05) is 18.8 Å². The number of rotatable bonds is 5. The van der Waals surface area contributed by atoms with Crippen molar-refractivity contribution in [3.05, 3.63) is 65.5 Å². The highest BCUT2D eigenvalue weighted by molar-refractivity contribution is 5.76. The van der Waals surface area contributed by atoms with E-state index >= 15 is 0 Å². The average molecular weight is 310 g/mol. The third-order valence-corrected chi connectivity index (χ3v) is 4.04. The number of nitrogens with zero attached hydrogens (tertiary/aromatic N) is 1. The van der Waals surface area contributed by atoms with Gasteiger partial charge in [-0.3, -0.25) is 9.78 Å². The predicted molar refractivity (Wildman–Crippen MR) is 94.3 cm³/mol. The first-order valence-electron chi connectivity index (χ1n) is 8.15. The van der Waals surface area contributed by atoms with Gasteiger partial charge in [0.15, 0.2) is 0 Å². The number of pyridine rings is 1. The summed E-state index contributed by atoms with van der Waals surface area (Å²) in [5.41, 5.74) is 3.75. The molecule has 0 saturated heterocycles. The minimum Gasteiger partial charge on any atom is -0.350 e. The molecule has 0 fully saturated rings. The lowest BCUT2D eigenvalue weighted by Gasteiger charge is -2.19. The van der Waals surface area contributed by atoms with Gasteiger partial charge in [-0.25, -0.2) is 0 Å². The minimum atomic E-state index is 0.00812. The van der Waals surface area contributed by atoms with Crippen LogP contribution in [0.3, 0.4) is 0 Å². The summed E-state index contributed by atoms with van der Waals surface area (Å²) >= 11 is 0. The molecule has 122 valence electrons. The van der Waals surface area contributed by atoms with Crippen molar-refractivity contribution in [2.75, 3.05) is 0 Å². The Balaban J connectivity index is 1.85. The first-order valence-corrected chi connectivity index (χ1v) is 8.15. The van der Waals surface area contributed by atoms with Crippen molar-refractivity contribution in [3.8, 4) is 0 Å². The van der Waals surface area contributed by atoms with Crippen LogP contribution in [0.4, 0.5) is 0 Å². The second-order valence-corrected chi connectivity index (χ2v) is 7.02. The molecule has 1 N–H and O–H groups in total. The van der Waals surface area contributed by atoms with E-state index in [0.717, 1.165) is 12.0 Å². The summed E-state index contributed by atoms with van der Waals surface area (Å²) < 4.78 is 0. The van der Waals surface area contributed by atoms with Crippen LogP contribution in [-0.4, -0.2) is 10.9 Å². The van der Waals surface area contributed by atoms with E-state index in [1.165, 1.54) is 11.1 Å². The molecule has 1 aromatic carbocycles. The van der Waals surface area contributed by atoms with E-state index < -0.39 is 0 Å². The zero-order valence-electron chi connectivity index (χ0n) is 14.5. The predicted octanol–water partition coefficient (Wildman–Crippen LogP) is 4.19. The van der Waals surface area contributed by atoms with Crippen LogP contribution in [0.15, 0.2) is 48.8 Å². The SMILES string of the molecule is CC(NC(=O)CCc1ccc(C(C)(C)C)cc1)c1ccncc1. The maximum absolute atomic E-state index is 12.1. The Morgan fingerprint density at radius 2 is 1.70 bits per heavy atom. The molecule has 1 aromatic heterocycles. The third kappa shape index (κ3) is 5.20. The van der Waals surface area contributed by atoms with Crippen LogP contribution >= 0.6 is 0 Å². The Hall–Kier alpha value is -2.16. The highest BCUT2D eigenvalue weighted by Gasteiger charge is 2.13. The van der Waals surface area contributed by atoms with E-state index in [0.29, 0.717) is 6.42 Å². The first kappa shape index (κ1) is 17.2. The van der Waals surface area contributed by atoms with Crippen LogP contribution in [-0.2, 0) is 16.6 Å². The molecule has 0 aliphatic heterocycles.